The summed E-state index contributed by atoms with van der Waals surface area (Å²) >= 11 is 0. The van der Waals surface area contributed by atoms with Crippen LogP contribution in [0.15, 0.2) is 23.4 Å². The van der Waals surface area contributed by atoms with Crippen LogP contribution in [0.1, 0.15) is 19.4 Å². The molecule has 1 aromatic rings. The fourth-order valence-electron chi connectivity index (χ4n) is 1.50. The number of ether oxygens (including phenoxy) is 1. The average Bonchev–Trinajstić information content (AvgIpc) is 2.27. The minimum absolute atomic E-state index is 0.0242. The van der Waals surface area contributed by atoms with E-state index >= 15 is 0 Å². The minimum atomic E-state index is -3.65. The Morgan fingerprint density at radius 2 is 2.11 bits per heavy atom. The molecule has 0 aliphatic heterocycles. The molecule has 0 spiro atoms. The summed E-state index contributed by atoms with van der Waals surface area (Å²) in [5, 5.41) is -0.0242. The van der Waals surface area contributed by atoms with E-state index in [2.05, 4.69) is 9.71 Å². The second-order valence-electron chi connectivity index (χ2n) is 4.63. The number of nitrogens with zero attached hydrogens (tertiary/aromatic N) is 1. The molecule has 18 heavy (non-hydrogen) atoms. The van der Waals surface area contributed by atoms with E-state index in [0.717, 1.165) is 5.56 Å². The molecule has 102 valence electrons. The number of aromatic nitrogens is 1. The van der Waals surface area contributed by atoms with Gasteiger partial charge < -0.3 is 10.5 Å². The van der Waals surface area contributed by atoms with E-state index in [1.165, 1.54) is 19.4 Å². The Labute approximate surface area is 108 Å². The Bertz CT molecular complexity index is 483. The van der Waals surface area contributed by atoms with Crippen molar-refractivity contribution >= 4 is 10.0 Å². The Kier molecular flexibility index (Phi) is 4.80. The van der Waals surface area contributed by atoms with Gasteiger partial charge >= 0.3 is 0 Å². The van der Waals surface area contributed by atoms with E-state index in [4.69, 9.17) is 10.5 Å². The molecule has 0 aliphatic rings. The lowest BCUT2D eigenvalue weighted by Crippen LogP contribution is -2.46. The molecule has 0 unspecified atom stereocenters. The van der Waals surface area contributed by atoms with Crippen molar-refractivity contribution in [3.05, 3.63) is 23.9 Å². The molecule has 0 aliphatic carbocycles. The van der Waals surface area contributed by atoms with Gasteiger partial charge in [-0.15, -0.1) is 0 Å². The lowest BCUT2D eigenvalue weighted by atomic mass is 10.1. The summed E-state index contributed by atoms with van der Waals surface area (Å²) < 4.78 is 31.6. The molecule has 0 radical (unpaired) electrons. The van der Waals surface area contributed by atoms with E-state index in [-0.39, 0.29) is 11.6 Å². The molecule has 0 atom stereocenters. The molecule has 1 heterocycles. The maximum Gasteiger partial charge on any atom is 0.258 e. The first-order valence-corrected chi connectivity index (χ1v) is 6.97. The van der Waals surface area contributed by atoms with Gasteiger partial charge in [-0.1, -0.05) is 6.07 Å². The van der Waals surface area contributed by atoms with Crippen molar-refractivity contribution in [1.82, 2.24) is 9.71 Å². The molecule has 6 nitrogen and oxygen atoms in total. The quantitative estimate of drug-likeness (QED) is 0.774. The highest BCUT2D eigenvalue weighted by Crippen LogP contribution is 2.11. The lowest BCUT2D eigenvalue weighted by Gasteiger charge is -2.24. The van der Waals surface area contributed by atoms with E-state index in [9.17, 15) is 8.42 Å². The van der Waals surface area contributed by atoms with Crippen LogP contribution in [0.5, 0.6) is 0 Å². The van der Waals surface area contributed by atoms with Crippen LogP contribution in [-0.4, -0.2) is 32.7 Å². The zero-order valence-electron chi connectivity index (χ0n) is 10.8. The van der Waals surface area contributed by atoms with Crippen molar-refractivity contribution < 1.29 is 13.2 Å². The number of hydrogen-bond acceptors (Lipinski definition) is 5. The third kappa shape index (κ3) is 4.02. The molecular formula is C11H19N3O3S. The molecule has 7 heteroatoms. The molecule has 1 rings (SSSR count). The Balaban J connectivity index is 2.92. The van der Waals surface area contributed by atoms with Crippen LogP contribution >= 0.6 is 0 Å². The van der Waals surface area contributed by atoms with Crippen LogP contribution in [0.4, 0.5) is 0 Å². The number of nitrogens with two attached hydrogens (primary N) is 1. The van der Waals surface area contributed by atoms with Crippen LogP contribution in [0.3, 0.4) is 0 Å². The smallest absolute Gasteiger partial charge is 0.258 e. The topological polar surface area (TPSA) is 94.3 Å². The Hall–Kier alpha value is -1.02. The zero-order valence-corrected chi connectivity index (χ0v) is 11.6. The van der Waals surface area contributed by atoms with Gasteiger partial charge in [-0.25, -0.2) is 18.1 Å². The number of methoxy groups -OCH3 is 1. The van der Waals surface area contributed by atoms with E-state index in [1.54, 1.807) is 19.9 Å². The molecule has 0 saturated carbocycles. The molecule has 3 N–H and O–H groups in total. The van der Waals surface area contributed by atoms with Crippen molar-refractivity contribution in [3.63, 3.8) is 0 Å². The number of nitrogens with one attached hydrogen (secondary N) is 1. The summed E-state index contributed by atoms with van der Waals surface area (Å²) in [4.78, 5) is 3.89. The first-order chi connectivity index (χ1) is 8.30. The van der Waals surface area contributed by atoms with Gasteiger partial charge in [0.25, 0.3) is 10.0 Å². The summed E-state index contributed by atoms with van der Waals surface area (Å²) in [6.07, 6.45) is 1.46. The SMILES string of the molecule is COCC(C)(C)NS(=O)(=O)c1ccc(CN)cn1. The Morgan fingerprint density at radius 3 is 2.56 bits per heavy atom. The highest BCUT2D eigenvalue weighted by molar-refractivity contribution is 7.89. The normalized spacial score (nSPS) is 12.7. The molecule has 0 bridgehead atoms. The predicted octanol–water partition coefficient (Wildman–Crippen LogP) is 0.244. The summed E-state index contributed by atoms with van der Waals surface area (Å²) in [5.74, 6) is 0. The first-order valence-electron chi connectivity index (χ1n) is 5.49. The Morgan fingerprint density at radius 1 is 1.44 bits per heavy atom. The van der Waals surface area contributed by atoms with Gasteiger partial charge in [0.15, 0.2) is 5.03 Å². The molecule has 0 fully saturated rings. The fourth-order valence-corrected chi connectivity index (χ4v) is 2.83. The van der Waals surface area contributed by atoms with Crippen LogP contribution in [0.25, 0.3) is 0 Å². The average molecular weight is 273 g/mol. The highest BCUT2D eigenvalue weighted by Gasteiger charge is 2.26. The van der Waals surface area contributed by atoms with Crippen molar-refractivity contribution in [2.24, 2.45) is 5.73 Å². The van der Waals surface area contributed by atoms with Crippen LogP contribution in [-0.2, 0) is 21.3 Å². The van der Waals surface area contributed by atoms with Crippen LogP contribution in [0, 0.1) is 0 Å². The van der Waals surface area contributed by atoms with E-state index < -0.39 is 15.6 Å². The fraction of sp³-hybridized carbons (Fsp3) is 0.545. The third-order valence-corrected chi connectivity index (χ3v) is 3.84. The minimum Gasteiger partial charge on any atom is -0.383 e. The number of sulfonamides is 1. The predicted molar refractivity (Wildman–Crippen MR) is 68.4 cm³/mol. The molecule has 0 aromatic carbocycles. The second-order valence-corrected chi connectivity index (χ2v) is 6.26. The standard InChI is InChI=1S/C11H19N3O3S/c1-11(2,8-17-3)14-18(15,16)10-5-4-9(6-12)7-13-10/h4-5,7,14H,6,8,12H2,1-3H3. The van der Waals surface area contributed by atoms with Gasteiger partial charge in [-0.3, -0.25) is 0 Å². The number of rotatable bonds is 6. The zero-order chi connectivity index (χ0) is 13.8. The second kappa shape index (κ2) is 5.75. The van der Waals surface area contributed by atoms with Gasteiger partial charge in [-0.2, -0.15) is 0 Å². The van der Waals surface area contributed by atoms with Gasteiger partial charge in [0.1, 0.15) is 0 Å². The van der Waals surface area contributed by atoms with Gasteiger partial charge in [0.05, 0.1) is 12.1 Å². The summed E-state index contributed by atoms with van der Waals surface area (Å²) in [6.45, 7) is 4.08. The molecular weight excluding hydrogens is 254 g/mol. The van der Waals surface area contributed by atoms with E-state index in [0.29, 0.717) is 6.54 Å². The van der Waals surface area contributed by atoms with Crippen molar-refractivity contribution in [2.75, 3.05) is 13.7 Å². The maximum atomic E-state index is 12.1. The first kappa shape index (κ1) is 15.0. The molecule has 0 saturated heterocycles. The van der Waals surface area contributed by atoms with Crippen LogP contribution < -0.4 is 10.5 Å². The van der Waals surface area contributed by atoms with Gasteiger partial charge in [-0.05, 0) is 25.5 Å². The van der Waals surface area contributed by atoms with Crippen molar-refractivity contribution in [3.8, 4) is 0 Å². The third-order valence-electron chi connectivity index (χ3n) is 2.22. The monoisotopic (exact) mass is 273 g/mol. The van der Waals surface area contributed by atoms with Crippen molar-refractivity contribution in [1.29, 1.82) is 0 Å². The van der Waals surface area contributed by atoms with Crippen LogP contribution in [0.2, 0.25) is 0 Å². The van der Waals surface area contributed by atoms with E-state index in [1.807, 2.05) is 0 Å². The van der Waals surface area contributed by atoms with Gasteiger partial charge in [0.2, 0.25) is 0 Å². The molecule has 0 amide bonds. The maximum absolute atomic E-state index is 12.1. The van der Waals surface area contributed by atoms with Crippen molar-refractivity contribution in [2.45, 2.75) is 31.0 Å². The number of pyridine rings is 1. The summed E-state index contributed by atoms with van der Waals surface area (Å²) in [6, 6.07) is 3.08. The summed E-state index contributed by atoms with van der Waals surface area (Å²) in [5.41, 5.74) is 5.52. The lowest BCUT2D eigenvalue weighted by molar-refractivity contribution is 0.141. The van der Waals surface area contributed by atoms with Gasteiger partial charge in [0, 0.05) is 19.9 Å². The molecule has 1 aromatic heterocycles. The largest absolute Gasteiger partial charge is 0.383 e. The number of hydrogen-bond donors (Lipinski definition) is 2. The summed E-state index contributed by atoms with van der Waals surface area (Å²) in [7, 11) is -2.13. The highest BCUT2D eigenvalue weighted by atomic mass is 32.2.